The van der Waals surface area contributed by atoms with Crippen molar-refractivity contribution >= 4 is 0 Å². The SMILES string of the molecule is Cc1ccc(C)c(-c2cc(CCO)on2)c1. The average molecular weight is 217 g/mol. The largest absolute Gasteiger partial charge is 0.396 e. The van der Waals surface area contributed by atoms with Crippen LogP contribution in [-0.2, 0) is 6.42 Å². The van der Waals surface area contributed by atoms with Gasteiger partial charge in [0.15, 0.2) is 0 Å². The maximum absolute atomic E-state index is 8.81. The smallest absolute Gasteiger partial charge is 0.139 e. The summed E-state index contributed by atoms with van der Waals surface area (Å²) in [6.07, 6.45) is 0.512. The second-order valence-corrected chi connectivity index (χ2v) is 3.97. The number of aliphatic hydroxyl groups excluding tert-OH is 1. The molecule has 1 heterocycles. The molecule has 0 aliphatic heterocycles. The fraction of sp³-hybridized carbons (Fsp3) is 0.308. The van der Waals surface area contributed by atoms with Crippen LogP contribution in [0.3, 0.4) is 0 Å². The highest BCUT2D eigenvalue weighted by Gasteiger charge is 2.08. The van der Waals surface area contributed by atoms with Gasteiger partial charge in [-0.25, -0.2) is 0 Å². The first-order valence-electron chi connectivity index (χ1n) is 5.35. The highest BCUT2D eigenvalue weighted by molar-refractivity contribution is 5.64. The third-order valence-corrected chi connectivity index (χ3v) is 2.59. The summed E-state index contributed by atoms with van der Waals surface area (Å²) < 4.78 is 5.14. The second kappa shape index (κ2) is 4.49. The molecule has 0 spiro atoms. The van der Waals surface area contributed by atoms with E-state index in [2.05, 4.69) is 37.2 Å². The minimum atomic E-state index is 0.0848. The van der Waals surface area contributed by atoms with Gasteiger partial charge >= 0.3 is 0 Å². The van der Waals surface area contributed by atoms with Crippen LogP contribution in [0.5, 0.6) is 0 Å². The Balaban J connectivity index is 2.38. The Bertz CT molecular complexity index is 488. The van der Waals surface area contributed by atoms with Crippen molar-refractivity contribution in [2.24, 2.45) is 0 Å². The van der Waals surface area contributed by atoms with Crippen LogP contribution in [0, 0.1) is 13.8 Å². The predicted molar refractivity (Wildman–Crippen MR) is 62.2 cm³/mol. The molecule has 0 saturated carbocycles. The zero-order valence-corrected chi connectivity index (χ0v) is 9.53. The molecule has 0 amide bonds. The average Bonchev–Trinajstić information content (AvgIpc) is 2.71. The maximum atomic E-state index is 8.81. The number of aryl methyl sites for hydroxylation is 2. The van der Waals surface area contributed by atoms with Crippen molar-refractivity contribution in [1.29, 1.82) is 0 Å². The Morgan fingerprint density at radius 3 is 2.81 bits per heavy atom. The number of rotatable bonds is 3. The number of aliphatic hydroxyl groups is 1. The van der Waals surface area contributed by atoms with E-state index >= 15 is 0 Å². The Kier molecular flexibility index (Phi) is 3.06. The van der Waals surface area contributed by atoms with Crippen LogP contribution in [0.15, 0.2) is 28.8 Å². The van der Waals surface area contributed by atoms with E-state index < -0.39 is 0 Å². The van der Waals surface area contributed by atoms with Gasteiger partial charge in [0.2, 0.25) is 0 Å². The van der Waals surface area contributed by atoms with E-state index in [0.29, 0.717) is 6.42 Å². The molecule has 84 valence electrons. The summed E-state index contributed by atoms with van der Waals surface area (Å²) >= 11 is 0. The van der Waals surface area contributed by atoms with Crippen LogP contribution in [0.1, 0.15) is 16.9 Å². The molecule has 2 aromatic rings. The lowest BCUT2D eigenvalue weighted by Crippen LogP contribution is -1.86. The van der Waals surface area contributed by atoms with Crippen LogP contribution in [0.2, 0.25) is 0 Å². The molecule has 0 aliphatic carbocycles. The molecule has 0 radical (unpaired) electrons. The van der Waals surface area contributed by atoms with Gasteiger partial charge in [-0.2, -0.15) is 0 Å². The van der Waals surface area contributed by atoms with Gasteiger partial charge in [0.25, 0.3) is 0 Å². The molecular formula is C13H15NO2. The van der Waals surface area contributed by atoms with E-state index in [1.807, 2.05) is 6.07 Å². The molecule has 1 aromatic carbocycles. The van der Waals surface area contributed by atoms with Crippen molar-refractivity contribution in [3.05, 3.63) is 41.2 Å². The number of aromatic nitrogens is 1. The van der Waals surface area contributed by atoms with Gasteiger partial charge in [0.05, 0.1) is 6.61 Å². The summed E-state index contributed by atoms with van der Waals surface area (Å²) in [5, 5.41) is 12.8. The number of nitrogens with zero attached hydrogens (tertiary/aromatic N) is 1. The molecular weight excluding hydrogens is 202 g/mol. The summed E-state index contributed by atoms with van der Waals surface area (Å²) in [5.74, 6) is 0.721. The van der Waals surface area contributed by atoms with Crippen molar-refractivity contribution in [3.8, 4) is 11.3 Å². The van der Waals surface area contributed by atoms with Crippen LogP contribution in [0.25, 0.3) is 11.3 Å². The first kappa shape index (κ1) is 10.9. The predicted octanol–water partition coefficient (Wildman–Crippen LogP) is 2.49. The van der Waals surface area contributed by atoms with Crippen molar-refractivity contribution in [3.63, 3.8) is 0 Å². The van der Waals surface area contributed by atoms with E-state index in [-0.39, 0.29) is 6.61 Å². The number of hydrogen-bond donors (Lipinski definition) is 1. The van der Waals surface area contributed by atoms with Crippen molar-refractivity contribution in [2.75, 3.05) is 6.61 Å². The number of benzene rings is 1. The maximum Gasteiger partial charge on any atom is 0.139 e. The third kappa shape index (κ3) is 2.14. The molecule has 0 atom stereocenters. The van der Waals surface area contributed by atoms with Gasteiger partial charge in [-0.15, -0.1) is 0 Å². The Morgan fingerprint density at radius 2 is 2.06 bits per heavy atom. The molecule has 1 N–H and O–H groups in total. The standard InChI is InChI=1S/C13H15NO2/c1-9-3-4-10(2)12(7-9)13-8-11(5-6-15)16-14-13/h3-4,7-8,15H,5-6H2,1-2H3. The molecule has 0 saturated heterocycles. The van der Waals surface area contributed by atoms with Gasteiger partial charge in [-0.3, -0.25) is 0 Å². The second-order valence-electron chi connectivity index (χ2n) is 3.97. The Labute approximate surface area is 94.7 Å². The van der Waals surface area contributed by atoms with Crippen LogP contribution in [-0.4, -0.2) is 16.9 Å². The first-order valence-corrected chi connectivity index (χ1v) is 5.35. The van der Waals surface area contributed by atoms with E-state index in [9.17, 15) is 0 Å². The molecule has 2 rings (SSSR count). The van der Waals surface area contributed by atoms with Crippen LogP contribution < -0.4 is 0 Å². The lowest BCUT2D eigenvalue weighted by atomic mass is 10.0. The fourth-order valence-electron chi connectivity index (χ4n) is 1.68. The lowest BCUT2D eigenvalue weighted by Gasteiger charge is -2.02. The molecule has 3 nitrogen and oxygen atoms in total. The third-order valence-electron chi connectivity index (χ3n) is 2.59. The summed E-state index contributed by atoms with van der Waals surface area (Å²) in [6.45, 7) is 4.19. The summed E-state index contributed by atoms with van der Waals surface area (Å²) in [5.41, 5.74) is 4.30. The number of hydrogen-bond acceptors (Lipinski definition) is 3. The molecule has 0 bridgehead atoms. The van der Waals surface area contributed by atoms with Crippen molar-refractivity contribution < 1.29 is 9.63 Å². The van der Waals surface area contributed by atoms with Gasteiger partial charge in [-0.1, -0.05) is 22.9 Å². The monoisotopic (exact) mass is 217 g/mol. The molecule has 0 aliphatic rings. The molecule has 0 unspecified atom stereocenters. The normalized spacial score (nSPS) is 10.7. The van der Waals surface area contributed by atoms with E-state index in [4.69, 9.17) is 9.63 Å². The molecule has 3 heteroatoms. The van der Waals surface area contributed by atoms with Crippen molar-refractivity contribution in [2.45, 2.75) is 20.3 Å². The zero-order chi connectivity index (χ0) is 11.5. The highest BCUT2D eigenvalue weighted by atomic mass is 16.5. The minimum absolute atomic E-state index is 0.0848. The highest BCUT2D eigenvalue weighted by Crippen LogP contribution is 2.24. The Hall–Kier alpha value is -1.61. The van der Waals surface area contributed by atoms with E-state index in [1.54, 1.807) is 0 Å². The molecule has 0 fully saturated rings. The Morgan fingerprint density at radius 1 is 1.25 bits per heavy atom. The lowest BCUT2D eigenvalue weighted by molar-refractivity contribution is 0.277. The molecule has 1 aromatic heterocycles. The minimum Gasteiger partial charge on any atom is -0.396 e. The van der Waals surface area contributed by atoms with Gasteiger partial charge in [0, 0.05) is 18.1 Å². The van der Waals surface area contributed by atoms with Gasteiger partial charge < -0.3 is 9.63 Å². The molecule has 16 heavy (non-hydrogen) atoms. The van der Waals surface area contributed by atoms with Gasteiger partial charge in [0.1, 0.15) is 11.5 Å². The zero-order valence-electron chi connectivity index (χ0n) is 9.53. The van der Waals surface area contributed by atoms with Gasteiger partial charge in [-0.05, 0) is 25.5 Å². The van der Waals surface area contributed by atoms with E-state index in [1.165, 1.54) is 11.1 Å². The van der Waals surface area contributed by atoms with Crippen molar-refractivity contribution in [1.82, 2.24) is 5.16 Å². The fourth-order valence-corrected chi connectivity index (χ4v) is 1.68. The van der Waals surface area contributed by atoms with Crippen LogP contribution >= 0.6 is 0 Å². The van der Waals surface area contributed by atoms with Crippen LogP contribution in [0.4, 0.5) is 0 Å². The van der Waals surface area contributed by atoms with E-state index in [0.717, 1.165) is 17.0 Å². The summed E-state index contributed by atoms with van der Waals surface area (Å²) in [7, 11) is 0. The first-order chi connectivity index (χ1) is 7.70. The summed E-state index contributed by atoms with van der Waals surface area (Å²) in [6, 6.07) is 8.13. The quantitative estimate of drug-likeness (QED) is 0.859. The summed E-state index contributed by atoms with van der Waals surface area (Å²) in [4.78, 5) is 0. The topological polar surface area (TPSA) is 46.3 Å².